The summed E-state index contributed by atoms with van der Waals surface area (Å²) >= 11 is 11.8. The number of hydrogen-bond acceptors (Lipinski definition) is 4. The molecule has 0 atom stereocenters. The molecule has 0 spiro atoms. The maximum Gasteiger partial charge on any atom is 0.244 e. The number of hydrogen-bond donors (Lipinski definition) is 2. The van der Waals surface area contributed by atoms with Crippen LogP contribution in [0.25, 0.3) is 0 Å². The van der Waals surface area contributed by atoms with Crippen LogP contribution in [-0.2, 0) is 27.8 Å². The lowest BCUT2D eigenvalue weighted by Crippen LogP contribution is -2.42. The van der Waals surface area contributed by atoms with E-state index >= 15 is 0 Å². The molecule has 0 fully saturated rings. The Kier molecular flexibility index (Phi) is 5.43. The number of nitrogens with zero attached hydrogens (tertiary/aromatic N) is 1. The van der Waals surface area contributed by atoms with Crippen molar-refractivity contribution in [3.63, 3.8) is 0 Å². The zero-order chi connectivity index (χ0) is 18.9. The third kappa shape index (κ3) is 3.96. The molecule has 0 aromatic heterocycles. The molecule has 9 heteroatoms. The Morgan fingerprint density at radius 1 is 1.19 bits per heavy atom. The minimum absolute atomic E-state index is 0.0747. The Balaban J connectivity index is 1.70. The van der Waals surface area contributed by atoms with Crippen LogP contribution < -0.4 is 10.5 Å². The van der Waals surface area contributed by atoms with Gasteiger partial charge in [-0.2, -0.15) is 0 Å². The molecule has 0 saturated heterocycles. The van der Waals surface area contributed by atoms with Crippen LogP contribution in [-0.4, -0.2) is 32.3 Å². The Morgan fingerprint density at radius 2 is 1.88 bits per heavy atom. The molecule has 26 heavy (non-hydrogen) atoms. The number of nitrogen functional groups attached to an aromatic ring is 1. The first-order valence-corrected chi connectivity index (χ1v) is 10.1. The van der Waals surface area contributed by atoms with Gasteiger partial charge in [0.2, 0.25) is 15.9 Å². The van der Waals surface area contributed by atoms with Gasteiger partial charge < -0.3 is 10.6 Å². The third-order valence-electron chi connectivity index (χ3n) is 4.20. The summed E-state index contributed by atoms with van der Waals surface area (Å²) in [4.78, 5) is 13.8. The second-order valence-corrected chi connectivity index (χ2v) is 8.51. The molecule has 0 unspecified atom stereocenters. The molecule has 0 saturated carbocycles. The van der Waals surface area contributed by atoms with E-state index in [-0.39, 0.29) is 33.1 Å². The van der Waals surface area contributed by atoms with Crippen molar-refractivity contribution in [1.29, 1.82) is 0 Å². The van der Waals surface area contributed by atoms with Gasteiger partial charge in [-0.1, -0.05) is 47.5 Å². The van der Waals surface area contributed by atoms with Crippen molar-refractivity contribution in [3.05, 3.63) is 57.6 Å². The molecule has 1 heterocycles. The summed E-state index contributed by atoms with van der Waals surface area (Å²) < 4.78 is 27.2. The van der Waals surface area contributed by atoms with Crippen LogP contribution in [0.5, 0.6) is 0 Å². The molecule has 1 aliphatic heterocycles. The van der Waals surface area contributed by atoms with Gasteiger partial charge in [0, 0.05) is 18.1 Å². The quantitative estimate of drug-likeness (QED) is 0.752. The maximum absolute atomic E-state index is 12.5. The van der Waals surface area contributed by atoms with Gasteiger partial charge in [-0.15, -0.1) is 0 Å². The van der Waals surface area contributed by atoms with Crippen molar-refractivity contribution < 1.29 is 13.2 Å². The van der Waals surface area contributed by atoms with Crippen LogP contribution in [0.15, 0.2) is 41.3 Å². The number of anilines is 1. The number of carbonyl (C=O) groups excluding carboxylic acids is 1. The fraction of sp³-hybridized carbons (Fsp3) is 0.235. The summed E-state index contributed by atoms with van der Waals surface area (Å²) in [6, 6.07) is 10.5. The van der Waals surface area contributed by atoms with E-state index < -0.39 is 10.0 Å². The van der Waals surface area contributed by atoms with E-state index in [1.54, 1.807) is 4.90 Å². The van der Waals surface area contributed by atoms with E-state index in [4.69, 9.17) is 28.9 Å². The van der Waals surface area contributed by atoms with Crippen LogP contribution in [0.1, 0.15) is 11.1 Å². The smallest absolute Gasteiger partial charge is 0.244 e. The molecule has 6 nitrogen and oxygen atoms in total. The van der Waals surface area contributed by atoms with E-state index in [0.29, 0.717) is 13.1 Å². The van der Waals surface area contributed by atoms with Gasteiger partial charge in [-0.3, -0.25) is 4.79 Å². The first kappa shape index (κ1) is 19.0. The van der Waals surface area contributed by atoms with Gasteiger partial charge in [0.1, 0.15) is 4.90 Å². The summed E-state index contributed by atoms with van der Waals surface area (Å²) in [6.07, 6.45) is 0.741. The lowest BCUT2D eigenvalue weighted by Gasteiger charge is -2.29. The van der Waals surface area contributed by atoms with Crippen LogP contribution >= 0.6 is 23.2 Å². The normalized spacial score (nSPS) is 14.2. The highest BCUT2D eigenvalue weighted by atomic mass is 35.5. The van der Waals surface area contributed by atoms with Crippen LogP contribution in [0.3, 0.4) is 0 Å². The number of halogens is 2. The molecule has 0 aliphatic carbocycles. The van der Waals surface area contributed by atoms with Crippen molar-refractivity contribution in [3.8, 4) is 0 Å². The van der Waals surface area contributed by atoms with Crippen molar-refractivity contribution in [2.24, 2.45) is 0 Å². The summed E-state index contributed by atoms with van der Waals surface area (Å²) in [5.74, 6) is -0.313. The number of rotatable bonds is 4. The standard InChI is InChI=1S/C17H17Cl2N3O3S/c18-13-7-14(19)17(15(20)8-13)26(24,25)21-9-16(23)22-6-5-11-3-1-2-4-12(11)10-22/h1-4,7-8,21H,5-6,9-10,20H2. The van der Waals surface area contributed by atoms with E-state index in [9.17, 15) is 13.2 Å². The van der Waals surface area contributed by atoms with Crippen molar-refractivity contribution >= 4 is 44.8 Å². The van der Waals surface area contributed by atoms with Gasteiger partial charge in [-0.25, -0.2) is 13.1 Å². The molecule has 3 rings (SSSR count). The predicted molar refractivity (Wildman–Crippen MR) is 102 cm³/mol. The molecule has 3 N–H and O–H groups in total. The predicted octanol–water partition coefficient (Wildman–Crippen LogP) is 2.44. The molecule has 0 bridgehead atoms. The molecule has 1 aliphatic rings. The zero-order valence-corrected chi connectivity index (χ0v) is 16.0. The first-order valence-electron chi connectivity index (χ1n) is 7.86. The van der Waals surface area contributed by atoms with Crippen molar-refractivity contribution in [2.75, 3.05) is 18.8 Å². The van der Waals surface area contributed by atoms with Crippen molar-refractivity contribution in [1.82, 2.24) is 9.62 Å². The SMILES string of the molecule is Nc1cc(Cl)cc(Cl)c1S(=O)(=O)NCC(=O)N1CCc2ccccc2C1. The second kappa shape index (κ2) is 7.44. The van der Waals surface area contributed by atoms with Gasteiger partial charge in [0.05, 0.1) is 17.3 Å². The first-order chi connectivity index (χ1) is 12.3. The fourth-order valence-corrected chi connectivity index (χ4v) is 4.87. The maximum atomic E-state index is 12.5. The average Bonchev–Trinajstić information content (AvgIpc) is 2.58. The summed E-state index contributed by atoms with van der Waals surface area (Å²) in [5.41, 5.74) is 7.93. The van der Waals surface area contributed by atoms with Gasteiger partial charge >= 0.3 is 0 Å². The number of carbonyl (C=O) groups is 1. The minimum Gasteiger partial charge on any atom is -0.398 e. The minimum atomic E-state index is -4.05. The molecule has 0 radical (unpaired) electrons. The van der Waals surface area contributed by atoms with Crippen molar-refractivity contribution in [2.45, 2.75) is 17.9 Å². The van der Waals surface area contributed by atoms with E-state index in [1.165, 1.54) is 17.7 Å². The highest BCUT2D eigenvalue weighted by Crippen LogP contribution is 2.31. The van der Waals surface area contributed by atoms with Gasteiger partial charge in [0.25, 0.3) is 0 Å². The van der Waals surface area contributed by atoms with E-state index in [0.717, 1.165) is 12.0 Å². The van der Waals surface area contributed by atoms with Crippen LogP contribution in [0, 0.1) is 0 Å². The number of nitrogens with one attached hydrogen (secondary N) is 1. The Morgan fingerprint density at radius 3 is 2.58 bits per heavy atom. The lowest BCUT2D eigenvalue weighted by atomic mass is 10.00. The highest BCUT2D eigenvalue weighted by Gasteiger charge is 2.25. The lowest BCUT2D eigenvalue weighted by molar-refractivity contribution is -0.130. The third-order valence-corrected chi connectivity index (χ3v) is 6.35. The molecule has 1 amide bonds. The Hall–Kier alpha value is -1.80. The fourth-order valence-electron chi connectivity index (χ4n) is 2.91. The number of amides is 1. The molecule has 2 aromatic carbocycles. The van der Waals surface area contributed by atoms with E-state index in [1.807, 2.05) is 24.3 Å². The summed E-state index contributed by atoms with van der Waals surface area (Å²) in [5, 5.41) is 0.136. The van der Waals surface area contributed by atoms with E-state index in [2.05, 4.69) is 4.72 Å². The van der Waals surface area contributed by atoms with Crippen LogP contribution in [0.4, 0.5) is 5.69 Å². The largest absolute Gasteiger partial charge is 0.398 e. The van der Waals surface area contributed by atoms with Crippen LogP contribution in [0.2, 0.25) is 10.0 Å². The number of sulfonamides is 1. The molecular weight excluding hydrogens is 397 g/mol. The topological polar surface area (TPSA) is 92.5 Å². The zero-order valence-electron chi connectivity index (χ0n) is 13.7. The molecule has 138 valence electrons. The highest BCUT2D eigenvalue weighted by molar-refractivity contribution is 7.89. The molecule has 2 aromatic rings. The Labute approximate surface area is 161 Å². The van der Waals surface area contributed by atoms with Gasteiger partial charge in [-0.05, 0) is 29.7 Å². The Bertz CT molecular complexity index is 940. The summed E-state index contributed by atoms with van der Waals surface area (Å²) in [6.45, 7) is 0.630. The average molecular weight is 414 g/mol. The monoisotopic (exact) mass is 413 g/mol. The summed E-state index contributed by atoms with van der Waals surface area (Å²) in [7, 11) is -4.05. The second-order valence-electron chi connectivity index (χ2n) is 5.96. The number of benzene rings is 2. The number of fused-ring (bicyclic) bond motifs is 1. The molecular formula is C17H17Cl2N3O3S. The van der Waals surface area contributed by atoms with Gasteiger partial charge in [0.15, 0.2) is 0 Å². The number of nitrogens with two attached hydrogens (primary N) is 1.